The van der Waals surface area contributed by atoms with Gasteiger partial charge in [0.1, 0.15) is 11.4 Å². The first kappa shape index (κ1) is 20.7. The summed E-state index contributed by atoms with van der Waals surface area (Å²) in [5.74, 6) is 1.75. The predicted molar refractivity (Wildman–Crippen MR) is 103 cm³/mol. The SMILES string of the molecule is CC1CCCC1CCCCCc1nc2ccc(OCC(F)(F)F)cc2[nH]c1=O. The van der Waals surface area contributed by atoms with E-state index >= 15 is 0 Å². The molecule has 2 unspecified atom stereocenters. The predicted octanol–water partition coefficient (Wildman–Crippen LogP) is 5.40. The zero-order valence-corrected chi connectivity index (χ0v) is 16.1. The van der Waals surface area contributed by atoms with Crippen LogP contribution >= 0.6 is 0 Å². The number of H-pyrrole nitrogens is 1. The molecule has 1 aromatic carbocycles. The quantitative estimate of drug-likeness (QED) is 0.608. The zero-order chi connectivity index (χ0) is 20.1. The molecule has 1 saturated carbocycles. The lowest BCUT2D eigenvalue weighted by Crippen LogP contribution is -2.19. The van der Waals surface area contributed by atoms with Crippen LogP contribution in [-0.2, 0) is 6.42 Å². The van der Waals surface area contributed by atoms with E-state index in [0.29, 0.717) is 23.1 Å². The first-order chi connectivity index (χ1) is 13.3. The van der Waals surface area contributed by atoms with Gasteiger partial charge < -0.3 is 9.72 Å². The highest BCUT2D eigenvalue weighted by Crippen LogP contribution is 2.34. The fraction of sp³-hybridized carbons (Fsp3) is 0.619. The van der Waals surface area contributed by atoms with E-state index in [1.54, 1.807) is 6.07 Å². The Bertz CT molecular complexity index is 848. The first-order valence-electron chi connectivity index (χ1n) is 10.0. The smallest absolute Gasteiger partial charge is 0.422 e. The number of unbranched alkanes of at least 4 members (excludes halogenated alkanes) is 2. The molecule has 4 nitrogen and oxygen atoms in total. The molecule has 2 aromatic rings. The highest BCUT2D eigenvalue weighted by atomic mass is 19.4. The second-order valence-electron chi connectivity index (χ2n) is 7.86. The van der Waals surface area contributed by atoms with Gasteiger partial charge in [-0.25, -0.2) is 4.98 Å². The number of aromatic nitrogens is 2. The molecule has 154 valence electrons. The summed E-state index contributed by atoms with van der Waals surface area (Å²) in [7, 11) is 0. The summed E-state index contributed by atoms with van der Waals surface area (Å²) in [5, 5.41) is 0. The van der Waals surface area contributed by atoms with Crippen molar-refractivity contribution in [1.82, 2.24) is 9.97 Å². The van der Waals surface area contributed by atoms with Crippen molar-refractivity contribution in [3.63, 3.8) is 0 Å². The third kappa shape index (κ3) is 5.72. The Morgan fingerprint density at radius 1 is 1.21 bits per heavy atom. The minimum Gasteiger partial charge on any atom is -0.484 e. The van der Waals surface area contributed by atoms with Crippen molar-refractivity contribution in [3.05, 3.63) is 34.2 Å². The van der Waals surface area contributed by atoms with Crippen LogP contribution < -0.4 is 10.3 Å². The van der Waals surface area contributed by atoms with E-state index in [0.717, 1.165) is 24.7 Å². The molecule has 0 amide bonds. The van der Waals surface area contributed by atoms with Gasteiger partial charge in [-0.1, -0.05) is 45.4 Å². The molecule has 28 heavy (non-hydrogen) atoms. The van der Waals surface area contributed by atoms with Crippen molar-refractivity contribution < 1.29 is 17.9 Å². The van der Waals surface area contributed by atoms with E-state index < -0.39 is 12.8 Å². The fourth-order valence-corrected chi connectivity index (χ4v) is 4.05. The van der Waals surface area contributed by atoms with Gasteiger partial charge in [0.2, 0.25) is 0 Å². The summed E-state index contributed by atoms with van der Waals surface area (Å²) in [6.07, 6.45) is 4.70. The number of hydrogen-bond acceptors (Lipinski definition) is 3. The second-order valence-corrected chi connectivity index (χ2v) is 7.86. The van der Waals surface area contributed by atoms with Crippen molar-refractivity contribution in [3.8, 4) is 5.75 Å². The molecule has 1 aliphatic rings. The first-order valence-corrected chi connectivity index (χ1v) is 10.0. The minimum atomic E-state index is -4.40. The average Bonchev–Trinajstić information content (AvgIpc) is 3.04. The van der Waals surface area contributed by atoms with Crippen molar-refractivity contribution in [1.29, 1.82) is 0 Å². The molecular weight excluding hydrogens is 369 g/mol. The third-order valence-electron chi connectivity index (χ3n) is 5.66. The zero-order valence-electron chi connectivity index (χ0n) is 16.1. The molecular formula is C21H27F3N2O2. The topological polar surface area (TPSA) is 55.0 Å². The number of hydrogen-bond donors (Lipinski definition) is 1. The molecule has 2 atom stereocenters. The fourth-order valence-electron chi connectivity index (χ4n) is 4.05. The van der Waals surface area contributed by atoms with E-state index in [1.165, 1.54) is 44.2 Å². The van der Waals surface area contributed by atoms with E-state index in [4.69, 9.17) is 4.74 Å². The molecule has 0 saturated heterocycles. The van der Waals surface area contributed by atoms with E-state index in [-0.39, 0.29) is 11.3 Å². The van der Waals surface area contributed by atoms with Crippen molar-refractivity contribution in [2.75, 3.05) is 6.61 Å². The second kappa shape index (κ2) is 8.97. The normalized spacial score (nSPS) is 20.0. The Morgan fingerprint density at radius 2 is 2.04 bits per heavy atom. The highest BCUT2D eigenvalue weighted by molar-refractivity contribution is 5.75. The Morgan fingerprint density at radius 3 is 2.75 bits per heavy atom. The van der Waals surface area contributed by atoms with Crippen LogP contribution in [0.15, 0.2) is 23.0 Å². The van der Waals surface area contributed by atoms with Gasteiger partial charge in [-0.2, -0.15) is 13.2 Å². The summed E-state index contributed by atoms with van der Waals surface area (Å²) in [6.45, 7) is 0.976. The summed E-state index contributed by atoms with van der Waals surface area (Å²) in [5.41, 5.74) is 1.12. The van der Waals surface area contributed by atoms with E-state index in [1.807, 2.05) is 0 Å². The lowest BCUT2D eigenvalue weighted by molar-refractivity contribution is -0.153. The number of nitrogens with zero attached hydrogens (tertiary/aromatic N) is 1. The summed E-state index contributed by atoms with van der Waals surface area (Å²) in [4.78, 5) is 19.3. The molecule has 1 aliphatic carbocycles. The number of nitrogens with one attached hydrogen (secondary N) is 1. The molecule has 1 aromatic heterocycles. The van der Waals surface area contributed by atoms with Gasteiger partial charge in [0.15, 0.2) is 6.61 Å². The number of aryl methyl sites for hydroxylation is 1. The molecule has 0 spiro atoms. The van der Waals surface area contributed by atoms with Crippen LogP contribution in [0.1, 0.15) is 57.6 Å². The van der Waals surface area contributed by atoms with Gasteiger partial charge >= 0.3 is 6.18 Å². The molecule has 1 N–H and O–H groups in total. The van der Waals surface area contributed by atoms with Gasteiger partial charge in [0, 0.05) is 6.07 Å². The monoisotopic (exact) mass is 396 g/mol. The van der Waals surface area contributed by atoms with Crippen LogP contribution in [0.5, 0.6) is 5.75 Å². The lowest BCUT2D eigenvalue weighted by atomic mass is 9.92. The highest BCUT2D eigenvalue weighted by Gasteiger charge is 2.28. The average molecular weight is 396 g/mol. The summed E-state index contributed by atoms with van der Waals surface area (Å²) in [6, 6.07) is 4.38. The van der Waals surface area contributed by atoms with Gasteiger partial charge in [-0.3, -0.25) is 4.79 Å². The number of benzene rings is 1. The van der Waals surface area contributed by atoms with E-state index in [9.17, 15) is 18.0 Å². The molecule has 0 bridgehead atoms. The number of halogens is 3. The third-order valence-corrected chi connectivity index (χ3v) is 5.66. The van der Waals surface area contributed by atoms with Crippen LogP contribution in [0.25, 0.3) is 11.0 Å². The van der Waals surface area contributed by atoms with Crippen molar-refractivity contribution in [2.24, 2.45) is 11.8 Å². The van der Waals surface area contributed by atoms with Crippen LogP contribution in [0, 0.1) is 11.8 Å². The van der Waals surface area contributed by atoms with Crippen LogP contribution in [0.4, 0.5) is 13.2 Å². The summed E-state index contributed by atoms with van der Waals surface area (Å²) >= 11 is 0. The van der Waals surface area contributed by atoms with Gasteiger partial charge in [0.05, 0.1) is 11.0 Å². The maximum absolute atomic E-state index is 12.3. The summed E-state index contributed by atoms with van der Waals surface area (Å²) < 4.78 is 41.5. The molecule has 7 heteroatoms. The number of ether oxygens (including phenoxy) is 1. The van der Waals surface area contributed by atoms with Crippen LogP contribution in [0.2, 0.25) is 0 Å². The van der Waals surface area contributed by atoms with Crippen molar-refractivity contribution >= 4 is 11.0 Å². The van der Waals surface area contributed by atoms with Crippen LogP contribution in [-0.4, -0.2) is 22.8 Å². The van der Waals surface area contributed by atoms with Gasteiger partial charge in [-0.05, 0) is 36.8 Å². The van der Waals surface area contributed by atoms with Crippen molar-refractivity contribution in [2.45, 2.75) is 64.5 Å². The maximum atomic E-state index is 12.3. The number of aromatic amines is 1. The lowest BCUT2D eigenvalue weighted by Gasteiger charge is -2.14. The molecule has 1 fully saturated rings. The molecule has 0 radical (unpaired) electrons. The molecule has 1 heterocycles. The number of rotatable bonds is 8. The Balaban J connectivity index is 1.53. The van der Waals surface area contributed by atoms with E-state index in [2.05, 4.69) is 16.9 Å². The minimum absolute atomic E-state index is 0.0520. The van der Waals surface area contributed by atoms with Gasteiger partial charge in [-0.15, -0.1) is 0 Å². The number of fused-ring (bicyclic) bond motifs is 1. The maximum Gasteiger partial charge on any atom is 0.422 e. The molecule has 0 aliphatic heterocycles. The Labute approximate surface area is 162 Å². The number of alkyl halides is 3. The largest absolute Gasteiger partial charge is 0.484 e. The molecule has 3 rings (SSSR count). The van der Waals surface area contributed by atoms with Crippen LogP contribution in [0.3, 0.4) is 0 Å². The standard InChI is InChI=1S/C21H27F3N2O2/c1-14-6-5-8-15(14)7-3-2-4-9-18-20(27)26-19-12-16(10-11-17(19)25-18)28-13-21(22,23)24/h10-12,14-15H,2-9,13H2,1H3,(H,26,27). The Hall–Kier alpha value is -2.05. The Kier molecular flexibility index (Phi) is 6.62. The van der Waals surface area contributed by atoms with Gasteiger partial charge in [0.25, 0.3) is 5.56 Å².